The van der Waals surface area contributed by atoms with Crippen LogP contribution in [0.2, 0.25) is 5.02 Å². The Kier molecular flexibility index (Phi) is 5.56. The molecule has 0 fully saturated rings. The number of nitrogens with one attached hydrogen (secondary N) is 1. The summed E-state index contributed by atoms with van der Waals surface area (Å²) in [5.41, 5.74) is 0.683. The third kappa shape index (κ3) is 4.61. The van der Waals surface area contributed by atoms with Gasteiger partial charge in [-0.3, -0.25) is 4.79 Å². The van der Waals surface area contributed by atoms with Crippen LogP contribution in [0.3, 0.4) is 0 Å². The molecule has 8 heteroatoms. The predicted octanol–water partition coefficient (Wildman–Crippen LogP) is 6.11. The molecule has 0 aliphatic rings. The molecular formula is C20H14ClF3N2O2. The van der Waals surface area contributed by atoms with E-state index in [2.05, 4.69) is 10.3 Å². The smallest absolute Gasteiger partial charge is 0.416 e. The van der Waals surface area contributed by atoms with Crippen molar-refractivity contribution in [2.45, 2.75) is 13.1 Å². The molecule has 144 valence electrons. The molecule has 0 spiro atoms. The Bertz CT molecular complexity index is 1010. The summed E-state index contributed by atoms with van der Waals surface area (Å²) < 4.78 is 43.5. The molecule has 0 atom stereocenters. The maximum absolute atomic E-state index is 12.7. The minimum Gasteiger partial charge on any atom is -0.438 e. The van der Waals surface area contributed by atoms with Crippen LogP contribution in [0.5, 0.6) is 11.6 Å². The zero-order valence-corrected chi connectivity index (χ0v) is 15.3. The van der Waals surface area contributed by atoms with Crippen molar-refractivity contribution in [2.75, 3.05) is 5.32 Å². The van der Waals surface area contributed by atoms with E-state index in [0.717, 1.165) is 17.7 Å². The van der Waals surface area contributed by atoms with Crippen molar-refractivity contribution in [3.63, 3.8) is 0 Å². The second-order valence-corrected chi connectivity index (χ2v) is 6.33. The summed E-state index contributed by atoms with van der Waals surface area (Å²) in [6.07, 6.45) is -3.02. The van der Waals surface area contributed by atoms with Crippen LogP contribution >= 0.6 is 11.6 Å². The number of ether oxygens (including phenoxy) is 1. The van der Waals surface area contributed by atoms with Crippen molar-refractivity contribution < 1.29 is 22.7 Å². The summed E-state index contributed by atoms with van der Waals surface area (Å²) in [5.74, 6) is -0.366. The van der Waals surface area contributed by atoms with Crippen LogP contribution in [-0.2, 0) is 6.18 Å². The molecule has 0 aliphatic carbocycles. The number of benzene rings is 2. The Labute approximate surface area is 163 Å². The van der Waals surface area contributed by atoms with Gasteiger partial charge in [-0.1, -0.05) is 11.6 Å². The topological polar surface area (TPSA) is 51.2 Å². The van der Waals surface area contributed by atoms with Gasteiger partial charge >= 0.3 is 6.18 Å². The fourth-order valence-corrected chi connectivity index (χ4v) is 2.65. The van der Waals surface area contributed by atoms with E-state index in [1.807, 2.05) is 0 Å². The van der Waals surface area contributed by atoms with E-state index in [0.29, 0.717) is 10.7 Å². The van der Waals surface area contributed by atoms with Gasteiger partial charge in [-0.05, 0) is 67.1 Å². The molecule has 4 nitrogen and oxygen atoms in total. The van der Waals surface area contributed by atoms with Crippen LogP contribution in [0.15, 0.2) is 60.8 Å². The number of carbonyl (C=O) groups is 1. The summed E-state index contributed by atoms with van der Waals surface area (Å²) >= 11 is 5.91. The van der Waals surface area contributed by atoms with Gasteiger partial charge in [0.1, 0.15) is 11.3 Å². The van der Waals surface area contributed by atoms with Crippen molar-refractivity contribution in [1.82, 2.24) is 4.98 Å². The molecule has 0 saturated carbocycles. The van der Waals surface area contributed by atoms with E-state index >= 15 is 0 Å². The molecule has 1 aromatic heterocycles. The molecule has 0 radical (unpaired) electrons. The highest BCUT2D eigenvalue weighted by Crippen LogP contribution is 2.32. The van der Waals surface area contributed by atoms with E-state index < -0.39 is 17.6 Å². The molecule has 0 aliphatic heterocycles. The molecule has 3 rings (SSSR count). The second kappa shape index (κ2) is 7.90. The lowest BCUT2D eigenvalue weighted by Gasteiger charge is -2.12. The van der Waals surface area contributed by atoms with Gasteiger partial charge in [0.05, 0.1) is 5.56 Å². The van der Waals surface area contributed by atoms with E-state index in [-0.39, 0.29) is 17.2 Å². The molecule has 1 amide bonds. The van der Waals surface area contributed by atoms with Crippen LogP contribution in [0.25, 0.3) is 0 Å². The lowest BCUT2D eigenvalue weighted by molar-refractivity contribution is -0.137. The Balaban J connectivity index is 1.82. The van der Waals surface area contributed by atoms with Gasteiger partial charge < -0.3 is 10.1 Å². The molecule has 2 aromatic carbocycles. The summed E-state index contributed by atoms with van der Waals surface area (Å²) in [4.78, 5) is 16.7. The molecule has 0 bridgehead atoms. The first kappa shape index (κ1) is 19.7. The zero-order chi connectivity index (χ0) is 20.3. The lowest BCUT2D eigenvalue weighted by Crippen LogP contribution is -2.14. The Morgan fingerprint density at radius 2 is 1.82 bits per heavy atom. The highest BCUT2D eigenvalue weighted by molar-refractivity contribution is 6.30. The number of aryl methyl sites for hydroxylation is 1. The first-order valence-corrected chi connectivity index (χ1v) is 8.49. The first-order valence-electron chi connectivity index (χ1n) is 8.11. The normalized spacial score (nSPS) is 11.2. The molecule has 1 heterocycles. The van der Waals surface area contributed by atoms with Crippen LogP contribution in [0, 0.1) is 6.92 Å². The second-order valence-electron chi connectivity index (χ2n) is 5.89. The molecule has 28 heavy (non-hydrogen) atoms. The summed E-state index contributed by atoms with van der Waals surface area (Å²) in [7, 11) is 0. The SMILES string of the molecule is Cc1cc(Cl)ccc1NC(=O)c1cccnc1Oc1ccc(C(F)(F)F)cc1. The number of nitrogens with zero attached hydrogens (tertiary/aromatic N) is 1. The zero-order valence-electron chi connectivity index (χ0n) is 14.5. The summed E-state index contributed by atoms with van der Waals surface area (Å²) in [5, 5.41) is 3.29. The molecule has 1 N–H and O–H groups in total. The number of carbonyl (C=O) groups excluding carboxylic acids is 1. The number of aromatic nitrogens is 1. The van der Waals surface area contributed by atoms with E-state index in [4.69, 9.17) is 16.3 Å². The number of halogens is 4. The van der Waals surface area contributed by atoms with Crippen molar-refractivity contribution >= 4 is 23.2 Å². The first-order chi connectivity index (χ1) is 13.2. The fourth-order valence-electron chi connectivity index (χ4n) is 2.43. The number of anilines is 1. The third-order valence-electron chi connectivity index (χ3n) is 3.85. The van der Waals surface area contributed by atoms with Gasteiger partial charge in [-0.2, -0.15) is 13.2 Å². The standard InChI is InChI=1S/C20H14ClF3N2O2/c1-12-11-14(21)6-9-17(12)26-18(27)16-3-2-10-25-19(16)28-15-7-4-13(5-8-15)20(22,23)24/h2-11H,1H3,(H,26,27). The number of alkyl halides is 3. The van der Waals surface area contributed by atoms with Crippen LogP contribution in [0.4, 0.5) is 18.9 Å². The number of hydrogen-bond acceptors (Lipinski definition) is 3. The van der Waals surface area contributed by atoms with Gasteiger partial charge in [0.25, 0.3) is 5.91 Å². The van der Waals surface area contributed by atoms with Crippen LogP contribution < -0.4 is 10.1 Å². The minimum atomic E-state index is -4.44. The van der Waals surface area contributed by atoms with Gasteiger partial charge in [-0.25, -0.2) is 4.98 Å². The van der Waals surface area contributed by atoms with E-state index in [9.17, 15) is 18.0 Å². The fraction of sp³-hybridized carbons (Fsp3) is 0.100. The number of amides is 1. The van der Waals surface area contributed by atoms with Gasteiger partial charge in [0.15, 0.2) is 0 Å². The van der Waals surface area contributed by atoms with Gasteiger partial charge in [-0.15, -0.1) is 0 Å². The number of pyridine rings is 1. The average molecular weight is 407 g/mol. The van der Waals surface area contributed by atoms with E-state index in [1.165, 1.54) is 24.4 Å². The Morgan fingerprint density at radius 3 is 2.46 bits per heavy atom. The third-order valence-corrected chi connectivity index (χ3v) is 4.08. The number of rotatable bonds is 4. The maximum atomic E-state index is 12.7. The van der Waals surface area contributed by atoms with E-state index in [1.54, 1.807) is 31.2 Å². The minimum absolute atomic E-state index is 0.0219. The highest BCUT2D eigenvalue weighted by atomic mass is 35.5. The Hall–Kier alpha value is -3.06. The van der Waals surface area contributed by atoms with Crippen molar-refractivity contribution in [3.05, 3.63) is 82.5 Å². The highest BCUT2D eigenvalue weighted by Gasteiger charge is 2.30. The van der Waals surface area contributed by atoms with Crippen LogP contribution in [0.1, 0.15) is 21.5 Å². The summed E-state index contributed by atoms with van der Waals surface area (Å²) in [6.45, 7) is 1.80. The van der Waals surface area contributed by atoms with Crippen LogP contribution in [-0.4, -0.2) is 10.9 Å². The molecule has 0 unspecified atom stereocenters. The molecule has 0 saturated heterocycles. The average Bonchev–Trinajstić information content (AvgIpc) is 2.64. The maximum Gasteiger partial charge on any atom is 0.416 e. The quantitative estimate of drug-likeness (QED) is 0.569. The predicted molar refractivity (Wildman–Crippen MR) is 99.9 cm³/mol. The van der Waals surface area contributed by atoms with Crippen molar-refractivity contribution in [3.8, 4) is 11.6 Å². The van der Waals surface area contributed by atoms with Crippen molar-refractivity contribution in [1.29, 1.82) is 0 Å². The van der Waals surface area contributed by atoms with Gasteiger partial charge in [0, 0.05) is 16.9 Å². The lowest BCUT2D eigenvalue weighted by atomic mass is 10.2. The molecular weight excluding hydrogens is 393 g/mol. The number of hydrogen-bond donors (Lipinski definition) is 1. The van der Waals surface area contributed by atoms with Gasteiger partial charge in [0.2, 0.25) is 5.88 Å². The van der Waals surface area contributed by atoms with Crippen molar-refractivity contribution in [2.24, 2.45) is 0 Å². The largest absolute Gasteiger partial charge is 0.438 e. The molecule has 3 aromatic rings. The summed E-state index contributed by atoms with van der Waals surface area (Å²) in [6, 6.07) is 12.2. The monoisotopic (exact) mass is 406 g/mol. The Morgan fingerprint density at radius 1 is 1.11 bits per heavy atom.